The van der Waals surface area contributed by atoms with E-state index in [2.05, 4.69) is 15.4 Å². The first-order valence-corrected chi connectivity index (χ1v) is 13.9. The van der Waals surface area contributed by atoms with Gasteiger partial charge < -0.3 is 30.1 Å². The number of hydrogen-bond acceptors (Lipinski definition) is 10. The summed E-state index contributed by atoms with van der Waals surface area (Å²) in [5.74, 6) is -0.961. The first-order valence-electron chi connectivity index (χ1n) is 9.93. The van der Waals surface area contributed by atoms with Gasteiger partial charge in [-0.3, -0.25) is 4.57 Å². The van der Waals surface area contributed by atoms with Crippen LogP contribution in [-0.4, -0.2) is 85.0 Å². The molecular formula is C17H20ClFN5O8PS. The molecule has 0 bridgehead atoms. The van der Waals surface area contributed by atoms with Crippen molar-refractivity contribution in [2.75, 3.05) is 16.6 Å². The maximum absolute atomic E-state index is 13.3. The fourth-order valence-corrected chi connectivity index (χ4v) is 7.43. The van der Waals surface area contributed by atoms with Gasteiger partial charge in [0.05, 0.1) is 23.0 Å². The number of nitrogens with zero attached hydrogens (tertiary/aromatic N) is 4. The maximum atomic E-state index is 13.3. The highest BCUT2D eigenvalue weighted by Gasteiger charge is 2.47. The predicted molar refractivity (Wildman–Crippen MR) is 115 cm³/mol. The lowest BCUT2D eigenvalue weighted by Gasteiger charge is -2.31. The third-order valence-electron chi connectivity index (χ3n) is 5.60. The van der Waals surface area contributed by atoms with E-state index in [0.717, 1.165) is 4.68 Å². The highest BCUT2D eigenvalue weighted by molar-refractivity contribution is 7.97. The van der Waals surface area contributed by atoms with Crippen LogP contribution in [0.3, 0.4) is 0 Å². The van der Waals surface area contributed by atoms with Gasteiger partial charge in [0.1, 0.15) is 36.1 Å². The van der Waals surface area contributed by atoms with Gasteiger partial charge in [0.15, 0.2) is 32.4 Å². The number of aromatic nitrogens is 3. The number of aliphatic hydroxyl groups excluding tert-OH is 2. The molecule has 1 aliphatic carbocycles. The molecule has 2 aromatic rings. The quantitative estimate of drug-likeness (QED) is 0.233. The van der Waals surface area contributed by atoms with Crippen molar-refractivity contribution in [2.45, 2.75) is 49.6 Å². The van der Waals surface area contributed by atoms with Crippen molar-refractivity contribution in [1.29, 1.82) is 5.26 Å². The molecule has 0 radical (unpaired) electrons. The number of hydrogen-bond donors (Lipinski definition) is 5. The van der Waals surface area contributed by atoms with Crippen LogP contribution in [0.2, 0.25) is 5.15 Å². The summed E-state index contributed by atoms with van der Waals surface area (Å²) in [7, 11) is -9.25. The van der Waals surface area contributed by atoms with Crippen molar-refractivity contribution in [3.05, 3.63) is 16.9 Å². The molecule has 1 saturated carbocycles. The summed E-state index contributed by atoms with van der Waals surface area (Å²) < 4.78 is 55.1. The van der Waals surface area contributed by atoms with Crippen molar-refractivity contribution in [3.8, 4) is 6.07 Å². The SMILES string of the molecule is N#Cc1c(Cl)nc2c(cnn2[C@@H]2O[C@H](CS(=O)(=O)CP(=O)(O)O)[C@@H](O)[C@H]2O)c1NC1CC(F)C1. The number of sulfone groups is 1. The van der Waals surface area contributed by atoms with Gasteiger partial charge in [-0.2, -0.15) is 10.4 Å². The highest BCUT2D eigenvalue weighted by Crippen LogP contribution is 2.39. The van der Waals surface area contributed by atoms with Gasteiger partial charge in [-0.05, 0) is 12.8 Å². The maximum Gasteiger partial charge on any atom is 0.340 e. The van der Waals surface area contributed by atoms with Gasteiger partial charge in [-0.1, -0.05) is 11.6 Å². The first-order chi connectivity index (χ1) is 15.8. The number of ether oxygens (including phenoxy) is 1. The van der Waals surface area contributed by atoms with Gasteiger partial charge >= 0.3 is 7.60 Å². The predicted octanol–water partition coefficient (Wildman–Crippen LogP) is 0.0380. The molecule has 4 atom stereocenters. The Bertz CT molecular complexity index is 1310. The molecule has 13 nitrogen and oxygen atoms in total. The summed E-state index contributed by atoms with van der Waals surface area (Å²) in [6.45, 7) is 0. The number of rotatable bonds is 7. The van der Waals surface area contributed by atoms with Crippen LogP contribution in [0.15, 0.2) is 6.20 Å². The number of pyridine rings is 1. The minimum Gasteiger partial charge on any atom is -0.387 e. The molecule has 0 aromatic carbocycles. The topological polar surface area (TPSA) is 208 Å². The van der Waals surface area contributed by atoms with Crippen LogP contribution in [0.5, 0.6) is 0 Å². The molecule has 2 aliphatic rings. The Morgan fingerprint density at radius 2 is 2.03 bits per heavy atom. The van der Waals surface area contributed by atoms with Gasteiger partial charge in [0.2, 0.25) is 0 Å². The molecule has 17 heteroatoms. The molecular weight excluding hydrogens is 520 g/mol. The minimum atomic E-state index is -4.89. The Morgan fingerprint density at radius 3 is 2.62 bits per heavy atom. The Kier molecular flexibility index (Phi) is 6.64. The first kappa shape index (κ1) is 25.2. The molecule has 186 valence electrons. The number of halogens is 2. The second-order valence-corrected chi connectivity index (χ2v) is 12.8. The van der Waals surface area contributed by atoms with E-state index in [-0.39, 0.29) is 40.9 Å². The van der Waals surface area contributed by atoms with Crippen molar-refractivity contribution in [1.82, 2.24) is 14.8 Å². The molecule has 0 spiro atoms. The fourth-order valence-electron chi connectivity index (χ4n) is 3.97. The lowest BCUT2D eigenvalue weighted by molar-refractivity contribution is -0.0364. The molecule has 2 aromatic heterocycles. The molecule has 1 saturated heterocycles. The Morgan fingerprint density at radius 1 is 1.35 bits per heavy atom. The summed E-state index contributed by atoms with van der Waals surface area (Å²) in [6.07, 6.45) is -5.52. The van der Waals surface area contributed by atoms with E-state index in [0.29, 0.717) is 5.39 Å². The Hall–Kier alpha value is -1.89. The van der Waals surface area contributed by atoms with Crippen LogP contribution in [-0.2, 0) is 19.1 Å². The number of anilines is 1. The van der Waals surface area contributed by atoms with Crippen LogP contribution in [0, 0.1) is 11.3 Å². The van der Waals surface area contributed by atoms with Crippen LogP contribution < -0.4 is 5.32 Å². The van der Waals surface area contributed by atoms with Gasteiger partial charge in [-0.15, -0.1) is 0 Å². The standard InChI is InChI=1S/C17H20ClFN5O8PS/c18-15-9(3-20)12(22-8-1-7(19)2-8)10-4-21-24(16(10)23-15)17-14(26)13(25)11(32-17)5-34(30,31)6-33(27,28)29/h4,7-8,11,13-14,17,25-26H,1-2,5-6H2,(H,22,23)(H2,27,28,29)/t7?,8?,11-,13-,14-,17-/m1/s1. The molecule has 4 rings (SSSR count). The van der Waals surface area contributed by atoms with Crippen LogP contribution in [0.1, 0.15) is 24.6 Å². The van der Waals surface area contributed by atoms with Gasteiger partial charge in [-0.25, -0.2) is 22.5 Å². The van der Waals surface area contributed by atoms with Crippen molar-refractivity contribution < 1.29 is 42.1 Å². The lowest BCUT2D eigenvalue weighted by atomic mass is 9.90. The summed E-state index contributed by atoms with van der Waals surface area (Å²) in [6, 6.07) is 1.68. The van der Waals surface area contributed by atoms with E-state index in [1.807, 2.05) is 6.07 Å². The van der Waals surface area contributed by atoms with E-state index < -0.39 is 59.4 Å². The normalized spacial score (nSPS) is 29.7. The second kappa shape index (κ2) is 8.96. The summed E-state index contributed by atoms with van der Waals surface area (Å²) in [5, 5.41) is 37.6. The number of fused-ring (bicyclic) bond motifs is 1. The van der Waals surface area contributed by atoms with E-state index in [1.165, 1.54) is 6.20 Å². The zero-order valence-electron chi connectivity index (χ0n) is 17.2. The minimum absolute atomic E-state index is 0.00496. The zero-order chi connectivity index (χ0) is 25.0. The number of aliphatic hydroxyl groups is 2. The number of alkyl halides is 1. The number of nitriles is 1. The van der Waals surface area contributed by atoms with Gasteiger partial charge in [0.25, 0.3) is 0 Å². The largest absolute Gasteiger partial charge is 0.387 e. The van der Waals surface area contributed by atoms with Crippen LogP contribution in [0.4, 0.5) is 10.1 Å². The van der Waals surface area contributed by atoms with Crippen LogP contribution >= 0.6 is 19.2 Å². The third kappa shape index (κ3) is 4.91. The molecule has 5 N–H and O–H groups in total. The average molecular weight is 540 g/mol. The van der Waals surface area contributed by atoms with E-state index in [4.69, 9.17) is 26.1 Å². The average Bonchev–Trinajstić information content (AvgIpc) is 3.20. The monoisotopic (exact) mass is 539 g/mol. The second-order valence-electron chi connectivity index (χ2n) is 8.25. The Labute approximate surface area is 197 Å². The van der Waals surface area contributed by atoms with E-state index >= 15 is 0 Å². The van der Waals surface area contributed by atoms with Crippen molar-refractivity contribution >= 4 is 45.8 Å². The molecule has 2 fully saturated rings. The highest BCUT2D eigenvalue weighted by atomic mass is 35.5. The van der Waals surface area contributed by atoms with Crippen molar-refractivity contribution in [2.24, 2.45) is 0 Å². The van der Waals surface area contributed by atoms with Crippen molar-refractivity contribution in [3.63, 3.8) is 0 Å². The molecule has 3 heterocycles. The third-order valence-corrected chi connectivity index (χ3v) is 9.63. The molecule has 0 unspecified atom stereocenters. The van der Waals surface area contributed by atoms with Gasteiger partial charge in [0, 0.05) is 6.04 Å². The van der Waals surface area contributed by atoms with E-state index in [9.17, 15) is 32.8 Å². The van der Waals surface area contributed by atoms with Crippen LogP contribution in [0.25, 0.3) is 11.0 Å². The summed E-state index contributed by atoms with van der Waals surface area (Å²) >= 11 is 6.17. The molecule has 1 aliphatic heterocycles. The lowest BCUT2D eigenvalue weighted by Crippen LogP contribution is -2.36. The zero-order valence-corrected chi connectivity index (χ0v) is 19.7. The molecule has 34 heavy (non-hydrogen) atoms. The fraction of sp³-hybridized carbons (Fsp3) is 0.588. The summed E-state index contributed by atoms with van der Waals surface area (Å²) in [5.41, 5.74) is -1.14. The number of nitrogens with one attached hydrogen (secondary N) is 1. The van der Waals surface area contributed by atoms with E-state index in [1.54, 1.807) is 0 Å². The summed E-state index contributed by atoms with van der Waals surface area (Å²) in [4.78, 5) is 22.0. The molecule has 0 amide bonds. The Balaban J connectivity index is 1.65. The smallest absolute Gasteiger partial charge is 0.340 e.